The van der Waals surface area contributed by atoms with Gasteiger partial charge >= 0.3 is 0 Å². The van der Waals surface area contributed by atoms with Gasteiger partial charge in [-0.15, -0.1) is 0 Å². The standard InChI is InChI=1S/C17H24N4/c1-4-7-13(18)17(19-3)15-10-5-9-14(21-15)16-12(2)8-6-11-20-16/h4,6-8,11,14-15,21H,1,5,9-10,18H2,2-3H3/b13-7+,19-17?. The Morgan fingerprint density at radius 3 is 3.00 bits per heavy atom. The van der Waals surface area contributed by atoms with Gasteiger partial charge in [0, 0.05) is 13.2 Å². The molecule has 1 aromatic rings. The summed E-state index contributed by atoms with van der Waals surface area (Å²) in [5.74, 6) is 0. The first kappa shape index (κ1) is 15.4. The molecular weight excluding hydrogens is 260 g/mol. The van der Waals surface area contributed by atoms with Gasteiger partial charge in [0.1, 0.15) is 0 Å². The molecule has 0 aromatic carbocycles. The van der Waals surface area contributed by atoms with E-state index in [1.807, 2.05) is 12.3 Å². The molecule has 0 bridgehead atoms. The molecule has 4 nitrogen and oxygen atoms in total. The van der Waals surface area contributed by atoms with Crippen LogP contribution in [-0.2, 0) is 0 Å². The molecule has 0 saturated carbocycles. The van der Waals surface area contributed by atoms with Gasteiger partial charge in [0.15, 0.2) is 0 Å². The molecule has 21 heavy (non-hydrogen) atoms. The number of aromatic nitrogens is 1. The van der Waals surface area contributed by atoms with Gasteiger partial charge in [0.25, 0.3) is 0 Å². The lowest BCUT2D eigenvalue weighted by Crippen LogP contribution is -2.44. The maximum atomic E-state index is 6.09. The van der Waals surface area contributed by atoms with Crippen LogP contribution in [0.3, 0.4) is 0 Å². The Labute approximate surface area is 126 Å². The van der Waals surface area contributed by atoms with Crippen molar-refractivity contribution in [2.75, 3.05) is 7.05 Å². The molecular formula is C17H24N4. The predicted octanol–water partition coefficient (Wildman–Crippen LogP) is 2.67. The SMILES string of the molecule is C=C/C=C(/N)C(=NC)C1CCCC(c2ncccc2C)N1. The average molecular weight is 284 g/mol. The van der Waals surface area contributed by atoms with Crippen molar-refractivity contribution >= 4 is 5.71 Å². The molecule has 1 aliphatic heterocycles. The molecule has 112 valence electrons. The third-order valence-electron chi connectivity index (χ3n) is 3.93. The molecule has 1 fully saturated rings. The van der Waals surface area contributed by atoms with Crippen LogP contribution in [0, 0.1) is 6.92 Å². The number of piperidine rings is 1. The van der Waals surface area contributed by atoms with Gasteiger partial charge in [0.05, 0.1) is 29.2 Å². The highest BCUT2D eigenvalue weighted by Gasteiger charge is 2.27. The second kappa shape index (κ2) is 7.18. The minimum atomic E-state index is 0.173. The molecule has 1 saturated heterocycles. The summed E-state index contributed by atoms with van der Waals surface area (Å²) in [5, 5.41) is 3.65. The van der Waals surface area contributed by atoms with E-state index in [0.717, 1.165) is 30.7 Å². The van der Waals surface area contributed by atoms with Crippen LogP contribution in [0.4, 0.5) is 0 Å². The number of nitrogens with two attached hydrogens (primary N) is 1. The Bertz CT molecular complexity index is 560. The molecule has 2 heterocycles. The molecule has 1 aliphatic rings. The van der Waals surface area contributed by atoms with Crippen LogP contribution in [-0.4, -0.2) is 23.8 Å². The van der Waals surface area contributed by atoms with Crippen molar-refractivity contribution in [2.24, 2.45) is 10.7 Å². The zero-order valence-electron chi connectivity index (χ0n) is 12.8. The van der Waals surface area contributed by atoms with Crippen LogP contribution >= 0.6 is 0 Å². The Hall–Kier alpha value is -1.94. The van der Waals surface area contributed by atoms with E-state index in [0.29, 0.717) is 5.70 Å². The van der Waals surface area contributed by atoms with Crippen LogP contribution in [0.1, 0.15) is 36.6 Å². The fourth-order valence-electron chi connectivity index (χ4n) is 2.93. The summed E-state index contributed by atoms with van der Waals surface area (Å²) in [7, 11) is 1.79. The zero-order valence-corrected chi connectivity index (χ0v) is 12.8. The van der Waals surface area contributed by atoms with Crippen molar-refractivity contribution in [3.8, 4) is 0 Å². The van der Waals surface area contributed by atoms with E-state index in [1.54, 1.807) is 19.2 Å². The number of pyridine rings is 1. The number of allylic oxidation sites excluding steroid dienone is 2. The molecule has 1 aromatic heterocycles. The largest absolute Gasteiger partial charge is 0.397 e. The second-order valence-electron chi connectivity index (χ2n) is 5.37. The molecule has 2 atom stereocenters. The van der Waals surface area contributed by atoms with Gasteiger partial charge in [-0.05, 0) is 43.9 Å². The van der Waals surface area contributed by atoms with E-state index in [1.165, 1.54) is 5.56 Å². The number of hydrogen-bond acceptors (Lipinski definition) is 4. The second-order valence-corrected chi connectivity index (χ2v) is 5.37. The third kappa shape index (κ3) is 3.58. The van der Waals surface area contributed by atoms with Crippen molar-refractivity contribution in [2.45, 2.75) is 38.3 Å². The normalized spacial score (nSPS) is 23.9. The highest BCUT2D eigenvalue weighted by Crippen LogP contribution is 2.27. The van der Waals surface area contributed by atoms with Gasteiger partial charge in [0.2, 0.25) is 0 Å². The first-order valence-electron chi connectivity index (χ1n) is 7.40. The van der Waals surface area contributed by atoms with E-state index >= 15 is 0 Å². The summed E-state index contributed by atoms with van der Waals surface area (Å²) in [6.07, 6.45) is 8.63. The molecule has 4 heteroatoms. The summed E-state index contributed by atoms with van der Waals surface area (Å²) < 4.78 is 0. The number of aryl methyl sites for hydroxylation is 1. The molecule has 2 unspecified atom stereocenters. The maximum absolute atomic E-state index is 6.09. The minimum absolute atomic E-state index is 0.173. The highest BCUT2D eigenvalue weighted by molar-refractivity contribution is 6.03. The first-order chi connectivity index (χ1) is 10.2. The van der Waals surface area contributed by atoms with Crippen molar-refractivity contribution in [3.63, 3.8) is 0 Å². The van der Waals surface area contributed by atoms with Crippen LogP contribution in [0.2, 0.25) is 0 Å². The van der Waals surface area contributed by atoms with E-state index in [9.17, 15) is 0 Å². The third-order valence-corrected chi connectivity index (χ3v) is 3.93. The van der Waals surface area contributed by atoms with Gasteiger partial charge in [-0.25, -0.2) is 0 Å². The topological polar surface area (TPSA) is 63.3 Å². The predicted molar refractivity (Wildman–Crippen MR) is 88.3 cm³/mol. The van der Waals surface area contributed by atoms with Crippen molar-refractivity contribution < 1.29 is 0 Å². The van der Waals surface area contributed by atoms with Gasteiger partial charge in [-0.3, -0.25) is 9.98 Å². The van der Waals surface area contributed by atoms with E-state index < -0.39 is 0 Å². The summed E-state index contributed by atoms with van der Waals surface area (Å²) in [6, 6.07) is 4.52. The number of hydrogen-bond donors (Lipinski definition) is 2. The summed E-state index contributed by atoms with van der Waals surface area (Å²) >= 11 is 0. The summed E-state index contributed by atoms with van der Waals surface area (Å²) in [6.45, 7) is 5.80. The van der Waals surface area contributed by atoms with Crippen LogP contribution in [0.25, 0.3) is 0 Å². The quantitative estimate of drug-likeness (QED) is 0.660. The Balaban J connectivity index is 2.19. The fourth-order valence-corrected chi connectivity index (χ4v) is 2.93. The number of nitrogens with zero attached hydrogens (tertiary/aromatic N) is 2. The Morgan fingerprint density at radius 1 is 1.52 bits per heavy atom. The molecule has 0 radical (unpaired) electrons. The maximum Gasteiger partial charge on any atom is 0.0743 e. The molecule has 0 aliphatic carbocycles. The minimum Gasteiger partial charge on any atom is -0.397 e. The van der Waals surface area contributed by atoms with E-state index in [2.05, 4.69) is 34.9 Å². The lowest BCUT2D eigenvalue weighted by molar-refractivity contribution is 0.369. The highest BCUT2D eigenvalue weighted by atomic mass is 15.0. The number of nitrogens with one attached hydrogen (secondary N) is 1. The van der Waals surface area contributed by atoms with E-state index in [-0.39, 0.29) is 12.1 Å². The van der Waals surface area contributed by atoms with Crippen LogP contribution in [0.15, 0.2) is 47.7 Å². The summed E-state index contributed by atoms with van der Waals surface area (Å²) in [5.41, 5.74) is 10.0. The summed E-state index contributed by atoms with van der Waals surface area (Å²) in [4.78, 5) is 8.91. The van der Waals surface area contributed by atoms with Gasteiger partial charge < -0.3 is 11.1 Å². The molecule has 3 N–H and O–H groups in total. The van der Waals surface area contributed by atoms with Crippen molar-refractivity contribution in [1.29, 1.82) is 0 Å². The van der Waals surface area contributed by atoms with Crippen molar-refractivity contribution in [3.05, 3.63) is 54.0 Å². The monoisotopic (exact) mass is 284 g/mol. The zero-order chi connectivity index (χ0) is 15.2. The first-order valence-corrected chi connectivity index (χ1v) is 7.40. The molecule has 0 spiro atoms. The fraction of sp³-hybridized carbons (Fsp3) is 0.412. The lowest BCUT2D eigenvalue weighted by Gasteiger charge is -2.32. The van der Waals surface area contributed by atoms with Crippen LogP contribution < -0.4 is 11.1 Å². The average Bonchev–Trinajstić information content (AvgIpc) is 2.49. The molecule has 2 rings (SSSR count). The van der Waals surface area contributed by atoms with Crippen molar-refractivity contribution in [1.82, 2.24) is 10.3 Å². The van der Waals surface area contributed by atoms with Gasteiger partial charge in [-0.2, -0.15) is 0 Å². The van der Waals surface area contributed by atoms with E-state index in [4.69, 9.17) is 5.73 Å². The Morgan fingerprint density at radius 2 is 2.33 bits per heavy atom. The number of aliphatic imine (C=N–C) groups is 1. The number of rotatable bonds is 4. The lowest BCUT2D eigenvalue weighted by atomic mass is 9.91. The Kier molecular flexibility index (Phi) is 5.28. The smallest absolute Gasteiger partial charge is 0.0743 e. The van der Waals surface area contributed by atoms with Crippen LogP contribution in [0.5, 0.6) is 0 Å². The van der Waals surface area contributed by atoms with Gasteiger partial charge in [-0.1, -0.05) is 18.7 Å². The molecule has 0 amide bonds.